The molecule has 4 nitrogen and oxygen atoms in total. The average molecular weight is 513 g/mol. The quantitative estimate of drug-likeness (QED) is 0.360. The van der Waals surface area contributed by atoms with Crippen LogP contribution in [-0.2, 0) is 16.0 Å². The van der Waals surface area contributed by atoms with Gasteiger partial charge in [-0.25, -0.2) is 4.39 Å². The first kappa shape index (κ1) is 28.1. The van der Waals surface area contributed by atoms with E-state index in [1.54, 1.807) is 11.1 Å². The van der Waals surface area contributed by atoms with E-state index in [9.17, 15) is 4.79 Å². The fourth-order valence-electron chi connectivity index (χ4n) is 4.76. The summed E-state index contributed by atoms with van der Waals surface area (Å²) in [6.45, 7) is 9.55. The van der Waals surface area contributed by atoms with Gasteiger partial charge in [-0.15, -0.1) is 0 Å². The van der Waals surface area contributed by atoms with Gasteiger partial charge in [-0.05, 0) is 42.9 Å². The van der Waals surface area contributed by atoms with Crippen LogP contribution in [0.3, 0.4) is 0 Å². The lowest BCUT2D eigenvalue weighted by Crippen LogP contribution is -2.48. The van der Waals surface area contributed by atoms with Crippen LogP contribution < -0.4 is 0 Å². The molecule has 0 bridgehead atoms. The van der Waals surface area contributed by atoms with Crippen molar-refractivity contribution in [1.82, 2.24) is 9.88 Å². The van der Waals surface area contributed by atoms with Crippen molar-refractivity contribution in [3.8, 4) is 11.1 Å². The van der Waals surface area contributed by atoms with Crippen LogP contribution in [0.4, 0.5) is 4.39 Å². The van der Waals surface area contributed by atoms with E-state index in [0.29, 0.717) is 44.0 Å². The topological polar surface area (TPSA) is 42.4 Å². The second-order valence-corrected chi connectivity index (χ2v) is 9.23. The minimum atomic E-state index is -1.29. The van der Waals surface area contributed by atoms with Crippen LogP contribution >= 0.6 is 11.6 Å². The van der Waals surface area contributed by atoms with Crippen molar-refractivity contribution in [2.45, 2.75) is 71.6 Å². The molecule has 3 heterocycles. The Morgan fingerprint density at radius 3 is 2.39 bits per heavy atom. The molecule has 1 aromatic heterocycles. The Kier molecular flexibility index (Phi) is 10.3. The molecule has 2 aliphatic heterocycles. The van der Waals surface area contributed by atoms with Crippen LogP contribution in [0, 0.1) is 0 Å². The van der Waals surface area contributed by atoms with Crippen molar-refractivity contribution in [2.75, 3.05) is 19.7 Å². The van der Waals surface area contributed by atoms with Crippen molar-refractivity contribution >= 4 is 28.4 Å². The van der Waals surface area contributed by atoms with Crippen molar-refractivity contribution in [3.05, 3.63) is 65.3 Å². The number of nitrogens with zero attached hydrogens (tertiary/aromatic N) is 2. The third-order valence-electron chi connectivity index (χ3n) is 6.67. The molecule has 2 aromatic carbocycles. The first-order valence-corrected chi connectivity index (χ1v) is 13.6. The zero-order chi connectivity index (χ0) is 26.1. The number of hydrogen-bond acceptors (Lipinski definition) is 3. The first-order valence-electron chi connectivity index (χ1n) is 13.2. The Balaban J connectivity index is 0.000000861. The standard InChI is InChI=1S/C26H26ClFN2O2.2C2H6/c27-24-20-4-1-2-5-22(20)29-17-21(24)19-9-7-18(8-10-19)16-26(28)11-13-30(14-12-26)25(31)23-6-3-15-32-23;2*1-2/h1-2,4-5,7-10,17,23H,3,6,11-16H2;2*1-2H3/t23-;;/m1../s1. The Labute approximate surface area is 219 Å². The number of carbonyl (C=O) groups is 1. The Bertz CT molecular complexity index is 1120. The van der Waals surface area contributed by atoms with Gasteiger partial charge in [-0.1, -0.05) is 81.8 Å². The number of amides is 1. The van der Waals surface area contributed by atoms with Gasteiger partial charge in [0.25, 0.3) is 5.91 Å². The fraction of sp³-hybridized carbons (Fsp3) is 0.467. The lowest BCUT2D eigenvalue weighted by Gasteiger charge is -2.37. The van der Waals surface area contributed by atoms with Gasteiger partial charge in [-0.2, -0.15) is 0 Å². The minimum Gasteiger partial charge on any atom is -0.368 e. The lowest BCUT2D eigenvalue weighted by molar-refractivity contribution is -0.143. The van der Waals surface area contributed by atoms with E-state index in [1.807, 2.05) is 76.2 Å². The predicted molar refractivity (Wildman–Crippen MR) is 147 cm³/mol. The summed E-state index contributed by atoms with van der Waals surface area (Å²) in [5.41, 5.74) is 2.34. The highest BCUT2D eigenvalue weighted by molar-refractivity contribution is 6.38. The van der Waals surface area contributed by atoms with E-state index in [1.165, 1.54) is 0 Å². The maximum absolute atomic E-state index is 15.5. The predicted octanol–water partition coefficient (Wildman–Crippen LogP) is 7.66. The highest BCUT2D eigenvalue weighted by atomic mass is 35.5. The maximum Gasteiger partial charge on any atom is 0.251 e. The van der Waals surface area contributed by atoms with Gasteiger partial charge in [0.05, 0.1) is 10.5 Å². The number of rotatable bonds is 4. The number of benzene rings is 2. The van der Waals surface area contributed by atoms with Gasteiger partial charge in [0, 0.05) is 43.3 Å². The molecule has 3 aromatic rings. The molecule has 5 rings (SSSR count). The molecule has 0 unspecified atom stereocenters. The molecule has 36 heavy (non-hydrogen) atoms. The molecule has 1 atom stereocenters. The first-order chi connectivity index (χ1) is 17.5. The van der Waals surface area contributed by atoms with Crippen LogP contribution in [0.25, 0.3) is 22.0 Å². The summed E-state index contributed by atoms with van der Waals surface area (Å²) in [7, 11) is 0. The number of aromatic nitrogens is 1. The summed E-state index contributed by atoms with van der Waals surface area (Å²) in [6.07, 6.45) is 4.22. The lowest BCUT2D eigenvalue weighted by atomic mass is 9.86. The fourth-order valence-corrected chi connectivity index (χ4v) is 5.08. The van der Waals surface area contributed by atoms with Crippen LogP contribution in [0.5, 0.6) is 0 Å². The zero-order valence-corrected chi connectivity index (χ0v) is 22.7. The summed E-state index contributed by atoms with van der Waals surface area (Å²) < 4.78 is 21.0. The molecule has 2 saturated heterocycles. The van der Waals surface area contributed by atoms with Gasteiger partial charge in [0.2, 0.25) is 0 Å². The van der Waals surface area contributed by atoms with Crippen LogP contribution in [0.15, 0.2) is 54.7 Å². The van der Waals surface area contributed by atoms with Gasteiger partial charge in [-0.3, -0.25) is 9.78 Å². The van der Waals surface area contributed by atoms with Crippen molar-refractivity contribution < 1.29 is 13.9 Å². The van der Waals surface area contributed by atoms with Crippen molar-refractivity contribution in [1.29, 1.82) is 0 Å². The van der Waals surface area contributed by atoms with E-state index in [0.717, 1.165) is 40.4 Å². The number of pyridine rings is 1. The van der Waals surface area contributed by atoms with Crippen LogP contribution in [-0.4, -0.2) is 47.3 Å². The number of likely N-dealkylation sites (tertiary alicyclic amines) is 1. The number of halogens is 2. The number of ether oxygens (including phenoxy) is 1. The molecule has 2 aliphatic rings. The van der Waals surface area contributed by atoms with Crippen molar-refractivity contribution in [3.63, 3.8) is 0 Å². The molecular weight excluding hydrogens is 475 g/mol. The summed E-state index contributed by atoms with van der Waals surface area (Å²) >= 11 is 6.64. The normalized spacial score (nSPS) is 18.6. The molecule has 0 N–H and O–H groups in total. The molecule has 194 valence electrons. The highest BCUT2D eigenvalue weighted by Gasteiger charge is 2.38. The third kappa shape index (κ3) is 6.43. The number of para-hydroxylation sites is 1. The van der Waals surface area contributed by atoms with E-state index in [4.69, 9.17) is 16.3 Å². The summed E-state index contributed by atoms with van der Waals surface area (Å²) in [6, 6.07) is 15.7. The summed E-state index contributed by atoms with van der Waals surface area (Å²) in [4.78, 5) is 18.8. The van der Waals surface area contributed by atoms with Gasteiger partial charge in [0.1, 0.15) is 11.8 Å². The van der Waals surface area contributed by atoms with Crippen LogP contribution in [0.2, 0.25) is 5.02 Å². The number of piperidine rings is 1. The van der Waals surface area contributed by atoms with Gasteiger partial charge < -0.3 is 9.64 Å². The maximum atomic E-state index is 15.5. The second-order valence-electron chi connectivity index (χ2n) is 8.85. The molecule has 0 saturated carbocycles. The molecule has 6 heteroatoms. The average Bonchev–Trinajstić information content (AvgIpc) is 3.47. The third-order valence-corrected chi connectivity index (χ3v) is 7.08. The van der Waals surface area contributed by atoms with Gasteiger partial charge in [0.15, 0.2) is 0 Å². The largest absolute Gasteiger partial charge is 0.368 e. The molecule has 0 spiro atoms. The highest BCUT2D eigenvalue weighted by Crippen LogP contribution is 2.35. The van der Waals surface area contributed by atoms with E-state index in [2.05, 4.69) is 4.98 Å². The molecule has 2 fully saturated rings. The number of carbonyl (C=O) groups excluding carboxylic acids is 1. The molecular formula is C30H38ClFN2O2. The Morgan fingerprint density at radius 1 is 1.08 bits per heavy atom. The summed E-state index contributed by atoms with van der Waals surface area (Å²) in [5.74, 6) is 0.0229. The second kappa shape index (κ2) is 13.2. The minimum absolute atomic E-state index is 0.0229. The smallest absolute Gasteiger partial charge is 0.251 e. The van der Waals surface area contributed by atoms with Crippen LogP contribution in [0.1, 0.15) is 58.9 Å². The molecule has 0 radical (unpaired) electrons. The number of fused-ring (bicyclic) bond motifs is 1. The van der Waals surface area contributed by atoms with Gasteiger partial charge >= 0.3 is 0 Å². The Hall–Kier alpha value is -2.50. The monoisotopic (exact) mass is 512 g/mol. The molecule has 1 amide bonds. The zero-order valence-electron chi connectivity index (χ0n) is 21.9. The van der Waals surface area contributed by atoms with Crippen molar-refractivity contribution in [2.24, 2.45) is 0 Å². The molecule has 0 aliphatic carbocycles. The Morgan fingerprint density at radius 2 is 1.75 bits per heavy atom. The number of hydrogen-bond donors (Lipinski definition) is 0. The van der Waals surface area contributed by atoms with E-state index < -0.39 is 5.67 Å². The number of alkyl halides is 1. The van der Waals surface area contributed by atoms with E-state index >= 15 is 4.39 Å². The summed E-state index contributed by atoms with van der Waals surface area (Å²) in [5, 5.41) is 1.59. The SMILES string of the molecule is CC.CC.O=C([C@H]1CCCO1)N1CCC(F)(Cc2ccc(-c3cnc4ccccc4c3Cl)cc2)CC1. The van der Waals surface area contributed by atoms with E-state index in [-0.39, 0.29) is 12.0 Å².